The number of aromatic nitrogens is 3. The Balaban J connectivity index is 1.35. The molecule has 2 saturated carbocycles. The molecular weight excluding hydrogens is 330 g/mol. The Kier molecular flexibility index (Phi) is 4.52. The lowest BCUT2D eigenvalue weighted by Crippen LogP contribution is -2.13. The van der Waals surface area contributed by atoms with Crippen LogP contribution in [-0.4, -0.2) is 14.8 Å². The molecule has 3 aromatic rings. The highest BCUT2D eigenvalue weighted by molar-refractivity contribution is 5.55. The van der Waals surface area contributed by atoms with Gasteiger partial charge in [-0.05, 0) is 55.9 Å². The predicted molar refractivity (Wildman–Crippen MR) is 109 cm³/mol. The van der Waals surface area contributed by atoms with Crippen molar-refractivity contribution in [1.82, 2.24) is 14.8 Å². The second-order valence-electron chi connectivity index (χ2n) is 8.24. The van der Waals surface area contributed by atoms with E-state index in [2.05, 4.69) is 65.3 Å². The molecule has 3 nitrogen and oxygen atoms in total. The summed E-state index contributed by atoms with van der Waals surface area (Å²) < 4.78 is 2.19. The Morgan fingerprint density at radius 1 is 0.741 bits per heavy atom. The summed E-state index contributed by atoms with van der Waals surface area (Å²) in [5.74, 6) is 4.14. The molecule has 2 aromatic carbocycles. The van der Waals surface area contributed by atoms with E-state index in [1.54, 1.807) is 0 Å². The molecule has 3 heteroatoms. The first-order valence-electron chi connectivity index (χ1n) is 10.4. The van der Waals surface area contributed by atoms with Gasteiger partial charge < -0.3 is 0 Å². The van der Waals surface area contributed by atoms with Crippen molar-refractivity contribution < 1.29 is 0 Å². The third-order valence-electron chi connectivity index (χ3n) is 6.21. The first-order valence-corrected chi connectivity index (χ1v) is 10.4. The summed E-state index contributed by atoms with van der Waals surface area (Å²) in [4.78, 5) is 5.03. The van der Waals surface area contributed by atoms with Crippen molar-refractivity contribution in [2.24, 2.45) is 5.92 Å². The van der Waals surface area contributed by atoms with E-state index in [4.69, 9.17) is 10.1 Å². The molecular formula is C24H27N3. The third-order valence-corrected chi connectivity index (χ3v) is 6.21. The maximum atomic E-state index is 5.03. The van der Waals surface area contributed by atoms with Crippen LogP contribution in [0.25, 0.3) is 11.4 Å². The van der Waals surface area contributed by atoms with E-state index in [-0.39, 0.29) is 0 Å². The van der Waals surface area contributed by atoms with Crippen LogP contribution in [0.2, 0.25) is 0 Å². The molecule has 0 radical (unpaired) electrons. The van der Waals surface area contributed by atoms with Gasteiger partial charge in [-0.3, -0.25) is 0 Å². The summed E-state index contributed by atoms with van der Waals surface area (Å²) >= 11 is 0. The first-order chi connectivity index (χ1) is 13.4. The van der Waals surface area contributed by atoms with Gasteiger partial charge in [0.05, 0.1) is 0 Å². The molecule has 0 saturated heterocycles. The molecule has 2 fully saturated rings. The smallest absolute Gasteiger partial charge is 0.158 e. The fourth-order valence-corrected chi connectivity index (χ4v) is 4.42. The van der Waals surface area contributed by atoms with Gasteiger partial charge in [-0.25, -0.2) is 9.67 Å². The van der Waals surface area contributed by atoms with Crippen LogP contribution in [0.5, 0.6) is 0 Å². The molecule has 0 unspecified atom stereocenters. The van der Waals surface area contributed by atoms with Crippen LogP contribution in [-0.2, 0) is 6.54 Å². The number of hydrogen-bond donors (Lipinski definition) is 0. The Hall–Kier alpha value is -2.42. The molecule has 27 heavy (non-hydrogen) atoms. The summed E-state index contributed by atoms with van der Waals surface area (Å²) in [5.41, 5.74) is 2.68. The maximum absolute atomic E-state index is 5.03. The highest BCUT2D eigenvalue weighted by Gasteiger charge is 2.29. The summed E-state index contributed by atoms with van der Waals surface area (Å²) in [5, 5.41) is 4.99. The predicted octanol–water partition coefficient (Wildman–Crippen LogP) is 5.80. The second kappa shape index (κ2) is 7.30. The van der Waals surface area contributed by atoms with Crippen LogP contribution in [0.3, 0.4) is 0 Å². The van der Waals surface area contributed by atoms with Crippen molar-refractivity contribution in [3.63, 3.8) is 0 Å². The molecule has 0 N–H and O–H groups in total. The largest absolute Gasteiger partial charge is 0.245 e. The normalized spacial score (nSPS) is 22.7. The average Bonchev–Trinajstić information content (AvgIpc) is 3.46. The highest BCUT2D eigenvalue weighted by Crippen LogP contribution is 2.40. The fourth-order valence-electron chi connectivity index (χ4n) is 4.42. The summed E-state index contributed by atoms with van der Waals surface area (Å²) in [6, 6.07) is 21.6. The lowest BCUT2D eigenvalue weighted by Gasteiger charge is -2.27. The summed E-state index contributed by atoms with van der Waals surface area (Å²) in [7, 11) is 0. The monoisotopic (exact) mass is 357 g/mol. The van der Waals surface area contributed by atoms with Crippen LogP contribution >= 0.6 is 0 Å². The molecule has 5 rings (SSSR count). The summed E-state index contributed by atoms with van der Waals surface area (Å²) in [6.45, 7) is 1.02. The van der Waals surface area contributed by atoms with Crippen molar-refractivity contribution in [3.8, 4) is 11.4 Å². The van der Waals surface area contributed by atoms with Gasteiger partial charge in [-0.1, -0.05) is 60.7 Å². The van der Waals surface area contributed by atoms with Gasteiger partial charge in [-0.15, -0.1) is 0 Å². The van der Waals surface area contributed by atoms with Crippen LogP contribution in [0.4, 0.5) is 0 Å². The molecule has 1 aromatic heterocycles. The Morgan fingerprint density at radius 3 is 2.04 bits per heavy atom. The van der Waals surface area contributed by atoms with Crippen molar-refractivity contribution in [1.29, 1.82) is 0 Å². The Bertz CT molecular complexity index is 873. The van der Waals surface area contributed by atoms with E-state index in [1.807, 2.05) is 0 Å². The minimum absolute atomic E-state index is 0.507. The number of nitrogens with zero attached hydrogens (tertiary/aromatic N) is 3. The topological polar surface area (TPSA) is 30.7 Å². The van der Waals surface area contributed by atoms with Crippen LogP contribution < -0.4 is 0 Å². The van der Waals surface area contributed by atoms with E-state index in [1.165, 1.54) is 49.7 Å². The second-order valence-corrected chi connectivity index (χ2v) is 8.24. The molecule has 0 amide bonds. The Labute approximate surface area is 161 Å². The zero-order chi connectivity index (χ0) is 18.1. The maximum Gasteiger partial charge on any atom is 0.158 e. The highest BCUT2D eigenvalue weighted by atomic mass is 15.4. The van der Waals surface area contributed by atoms with Gasteiger partial charge in [0.2, 0.25) is 0 Å². The zero-order valence-electron chi connectivity index (χ0n) is 15.8. The van der Waals surface area contributed by atoms with Crippen LogP contribution in [0.1, 0.15) is 61.7 Å². The Morgan fingerprint density at radius 2 is 1.37 bits per heavy atom. The number of hydrogen-bond acceptors (Lipinski definition) is 2. The van der Waals surface area contributed by atoms with E-state index in [0.717, 1.165) is 24.1 Å². The third kappa shape index (κ3) is 3.69. The fraction of sp³-hybridized carbons (Fsp3) is 0.417. The molecule has 2 aliphatic carbocycles. The summed E-state index contributed by atoms with van der Waals surface area (Å²) in [6.07, 6.45) is 7.55. The standard InChI is InChI=1S/C24H27N3/c1-3-7-19(8-4-1)20-13-15-21(16-14-20)23-25-24(22-9-5-2-6-10-22)27(26-23)17-18-11-12-18/h1-10,18,20-21H,11-17H2. The quantitative estimate of drug-likeness (QED) is 0.578. The van der Waals surface area contributed by atoms with Crippen LogP contribution in [0.15, 0.2) is 60.7 Å². The molecule has 0 aliphatic heterocycles. The minimum Gasteiger partial charge on any atom is -0.245 e. The molecule has 0 spiro atoms. The van der Waals surface area contributed by atoms with Gasteiger partial charge >= 0.3 is 0 Å². The van der Waals surface area contributed by atoms with Crippen LogP contribution in [0, 0.1) is 5.92 Å². The molecule has 0 atom stereocenters. The molecule has 0 bridgehead atoms. The SMILES string of the molecule is c1ccc(-c2nc(C3CCC(c4ccccc4)CC3)nn2CC2CC2)cc1. The average molecular weight is 358 g/mol. The first kappa shape index (κ1) is 16.7. The van der Waals surface area contributed by atoms with Crippen molar-refractivity contribution in [2.75, 3.05) is 0 Å². The van der Waals surface area contributed by atoms with E-state index in [9.17, 15) is 0 Å². The van der Waals surface area contributed by atoms with Gasteiger partial charge in [0, 0.05) is 18.0 Å². The number of rotatable bonds is 5. The van der Waals surface area contributed by atoms with Crippen molar-refractivity contribution in [2.45, 2.75) is 56.9 Å². The van der Waals surface area contributed by atoms with Gasteiger partial charge in [0.25, 0.3) is 0 Å². The van der Waals surface area contributed by atoms with E-state index in [0.29, 0.717) is 11.8 Å². The minimum atomic E-state index is 0.507. The molecule has 1 heterocycles. The lowest BCUT2D eigenvalue weighted by molar-refractivity contribution is 0.383. The van der Waals surface area contributed by atoms with E-state index >= 15 is 0 Å². The van der Waals surface area contributed by atoms with E-state index < -0.39 is 0 Å². The lowest BCUT2D eigenvalue weighted by atomic mass is 9.78. The number of benzene rings is 2. The van der Waals surface area contributed by atoms with Gasteiger partial charge in [-0.2, -0.15) is 5.10 Å². The zero-order valence-corrected chi connectivity index (χ0v) is 15.8. The molecule has 2 aliphatic rings. The van der Waals surface area contributed by atoms with Crippen molar-refractivity contribution >= 4 is 0 Å². The van der Waals surface area contributed by atoms with Crippen molar-refractivity contribution in [3.05, 3.63) is 72.1 Å². The van der Waals surface area contributed by atoms with Gasteiger partial charge in [0.1, 0.15) is 0 Å². The van der Waals surface area contributed by atoms with Gasteiger partial charge in [0.15, 0.2) is 11.6 Å². The molecule has 138 valence electrons.